The lowest BCUT2D eigenvalue weighted by Gasteiger charge is -2.26. The van der Waals surface area contributed by atoms with Crippen LogP contribution in [0.2, 0.25) is 0 Å². The molecule has 3 heteroatoms. The number of hydrogen-bond acceptors (Lipinski definition) is 2. The highest BCUT2D eigenvalue weighted by atomic mass is 16.6. The monoisotopic (exact) mass is 275 g/mol. The Kier molecular flexibility index (Phi) is 4.69. The lowest BCUT2D eigenvalue weighted by molar-refractivity contribution is 0.0499. The Labute approximate surface area is 121 Å². The molecule has 3 nitrogen and oxygen atoms in total. The molecule has 1 aromatic rings. The van der Waals surface area contributed by atoms with E-state index in [1.807, 2.05) is 26.8 Å². The average molecular weight is 275 g/mol. The van der Waals surface area contributed by atoms with Gasteiger partial charge in [-0.25, -0.2) is 4.79 Å². The number of ether oxygens (including phenoxy) is 1. The molecule has 0 aromatic heterocycles. The number of hydrogen-bond donors (Lipinski definition) is 1. The minimum absolute atomic E-state index is 0.0707. The SMILES string of the molecule is CC(C)(C)OC(=O)NC1CCCCCc2ccccc21. The van der Waals surface area contributed by atoms with Crippen LogP contribution in [-0.4, -0.2) is 11.7 Å². The molecule has 1 N–H and O–H groups in total. The first-order valence-electron chi connectivity index (χ1n) is 7.53. The molecule has 1 aliphatic rings. The molecule has 1 unspecified atom stereocenters. The van der Waals surface area contributed by atoms with Crippen LogP contribution in [0.15, 0.2) is 24.3 Å². The molecule has 0 saturated heterocycles. The van der Waals surface area contributed by atoms with Gasteiger partial charge in [-0.05, 0) is 51.2 Å². The van der Waals surface area contributed by atoms with Crippen LogP contribution in [0.4, 0.5) is 4.79 Å². The van der Waals surface area contributed by atoms with Crippen molar-refractivity contribution in [3.63, 3.8) is 0 Å². The highest BCUT2D eigenvalue weighted by molar-refractivity contribution is 5.68. The van der Waals surface area contributed by atoms with Gasteiger partial charge in [-0.1, -0.05) is 37.1 Å². The number of alkyl carbamates (subject to hydrolysis) is 1. The molecule has 1 amide bonds. The van der Waals surface area contributed by atoms with Crippen LogP contribution in [0.3, 0.4) is 0 Å². The first kappa shape index (κ1) is 14.9. The summed E-state index contributed by atoms with van der Waals surface area (Å²) in [6.07, 6.45) is 5.36. The fourth-order valence-corrected chi connectivity index (χ4v) is 2.70. The lowest BCUT2D eigenvalue weighted by Crippen LogP contribution is -2.35. The Balaban J connectivity index is 2.12. The molecule has 0 saturated carbocycles. The number of carbonyl (C=O) groups is 1. The van der Waals surface area contributed by atoms with E-state index in [2.05, 4.69) is 23.5 Å². The summed E-state index contributed by atoms with van der Waals surface area (Å²) in [5.41, 5.74) is 2.15. The van der Waals surface area contributed by atoms with Gasteiger partial charge < -0.3 is 10.1 Å². The second kappa shape index (κ2) is 6.29. The van der Waals surface area contributed by atoms with Crippen LogP contribution in [0.25, 0.3) is 0 Å². The Morgan fingerprint density at radius 3 is 2.70 bits per heavy atom. The van der Waals surface area contributed by atoms with E-state index in [4.69, 9.17) is 4.74 Å². The summed E-state index contributed by atoms with van der Waals surface area (Å²) in [4.78, 5) is 12.0. The normalized spacial score (nSPS) is 19.4. The highest BCUT2D eigenvalue weighted by Gasteiger charge is 2.22. The minimum Gasteiger partial charge on any atom is -0.444 e. The van der Waals surface area contributed by atoms with Gasteiger partial charge in [0.05, 0.1) is 6.04 Å². The first-order valence-corrected chi connectivity index (χ1v) is 7.53. The standard InChI is InChI=1S/C17H25NO2/c1-17(2,3)20-16(19)18-15-12-6-4-5-9-13-10-7-8-11-14(13)15/h7-8,10-11,15H,4-6,9,12H2,1-3H3,(H,18,19). The fourth-order valence-electron chi connectivity index (χ4n) is 2.70. The Morgan fingerprint density at radius 1 is 1.20 bits per heavy atom. The van der Waals surface area contributed by atoms with Crippen LogP contribution in [0, 0.1) is 0 Å². The van der Waals surface area contributed by atoms with Crippen molar-refractivity contribution in [2.24, 2.45) is 0 Å². The quantitative estimate of drug-likeness (QED) is 0.826. The van der Waals surface area contributed by atoms with E-state index in [9.17, 15) is 4.79 Å². The average Bonchev–Trinajstić information content (AvgIpc) is 2.32. The van der Waals surface area contributed by atoms with Gasteiger partial charge in [0.2, 0.25) is 0 Å². The van der Waals surface area contributed by atoms with E-state index >= 15 is 0 Å². The van der Waals surface area contributed by atoms with Crippen molar-refractivity contribution in [3.8, 4) is 0 Å². The molecule has 1 aromatic carbocycles. The van der Waals surface area contributed by atoms with Gasteiger partial charge in [-0.2, -0.15) is 0 Å². The van der Waals surface area contributed by atoms with Crippen LogP contribution in [0.5, 0.6) is 0 Å². The Bertz CT molecular complexity index is 462. The summed E-state index contributed by atoms with van der Waals surface area (Å²) >= 11 is 0. The van der Waals surface area contributed by atoms with Gasteiger partial charge in [0.25, 0.3) is 0 Å². The van der Waals surface area contributed by atoms with Gasteiger partial charge in [-0.3, -0.25) is 0 Å². The lowest BCUT2D eigenvalue weighted by atomic mass is 9.90. The van der Waals surface area contributed by atoms with Crippen molar-refractivity contribution in [1.82, 2.24) is 5.32 Å². The fraction of sp³-hybridized carbons (Fsp3) is 0.588. The van der Waals surface area contributed by atoms with Crippen molar-refractivity contribution >= 4 is 6.09 Å². The molecule has 0 radical (unpaired) electrons. The number of fused-ring (bicyclic) bond motifs is 1. The van der Waals surface area contributed by atoms with Crippen molar-refractivity contribution in [2.75, 3.05) is 0 Å². The first-order chi connectivity index (χ1) is 9.46. The summed E-state index contributed by atoms with van der Waals surface area (Å²) in [6.45, 7) is 5.66. The molecule has 110 valence electrons. The van der Waals surface area contributed by atoms with Crippen LogP contribution >= 0.6 is 0 Å². The summed E-state index contributed by atoms with van der Waals surface area (Å²) in [6, 6.07) is 8.49. The summed E-state index contributed by atoms with van der Waals surface area (Å²) in [7, 11) is 0. The zero-order chi connectivity index (χ0) is 14.6. The summed E-state index contributed by atoms with van der Waals surface area (Å²) in [5, 5.41) is 3.04. The number of amides is 1. The predicted octanol–water partition coefficient (Wildman–Crippen LogP) is 4.37. The van der Waals surface area contributed by atoms with Crippen molar-refractivity contribution in [3.05, 3.63) is 35.4 Å². The summed E-state index contributed by atoms with van der Waals surface area (Å²) < 4.78 is 5.38. The van der Waals surface area contributed by atoms with E-state index in [0.717, 1.165) is 19.3 Å². The third kappa shape index (κ3) is 4.26. The van der Waals surface area contributed by atoms with Crippen LogP contribution < -0.4 is 5.32 Å². The predicted molar refractivity (Wildman–Crippen MR) is 80.7 cm³/mol. The molecular formula is C17H25NO2. The van der Waals surface area contributed by atoms with E-state index in [0.29, 0.717) is 0 Å². The van der Waals surface area contributed by atoms with Crippen molar-refractivity contribution in [2.45, 2.75) is 64.5 Å². The van der Waals surface area contributed by atoms with Gasteiger partial charge >= 0.3 is 6.09 Å². The topological polar surface area (TPSA) is 38.3 Å². The van der Waals surface area contributed by atoms with E-state index in [1.165, 1.54) is 24.0 Å². The van der Waals surface area contributed by atoms with Gasteiger partial charge in [0.15, 0.2) is 0 Å². The van der Waals surface area contributed by atoms with Crippen LogP contribution in [0.1, 0.15) is 63.6 Å². The van der Waals surface area contributed by atoms with Gasteiger partial charge in [0.1, 0.15) is 5.60 Å². The molecule has 20 heavy (non-hydrogen) atoms. The second-order valence-corrected chi connectivity index (χ2v) is 6.50. The van der Waals surface area contributed by atoms with E-state index in [1.54, 1.807) is 0 Å². The maximum atomic E-state index is 12.0. The van der Waals surface area contributed by atoms with E-state index < -0.39 is 5.60 Å². The largest absolute Gasteiger partial charge is 0.444 e. The number of nitrogens with one attached hydrogen (secondary N) is 1. The number of rotatable bonds is 1. The highest BCUT2D eigenvalue weighted by Crippen LogP contribution is 2.28. The number of benzene rings is 1. The summed E-state index contributed by atoms with van der Waals surface area (Å²) in [5.74, 6) is 0. The smallest absolute Gasteiger partial charge is 0.408 e. The molecule has 0 fully saturated rings. The molecule has 0 bridgehead atoms. The third-order valence-electron chi connectivity index (χ3n) is 3.56. The molecule has 2 rings (SSSR count). The van der Waals surface area contributed by atoms with E-state index in [-0.39, 0.29) is 12.1 Å². The third-order valence-corrected chi connectivity index (χ3v) is 3.56. The molecule has 0 heterocycles. The zero-order valence-corrected chi connectivity index (χ0v) is 12.7. The van der Waals surface area contributed by atoms with Crippen LogP contribution in [-0.2, 0) is 11.2 Å². The second-order valence-electron chi connectivity index (χ2n) is 6.50. The maximum Gasteiger partial charge on any atom is 0.408 e. The Morgan fingerprint density at radius 2 is 1.95 bits per heavy atom. The molecule has 1 aliphatic carbocycles. The number of aryl methyl sites for hydroxylation is 1. The zero-order valence-electron chi connectivity index (χ0n) is 12.7. The van der Waals surface area contributed by atoms with Gasteiger partial charge in [-0.15, -0.1) is 0 Å². The van der Waals surface area contributed by atoms with Crippen molar-refractivity contribution in [1.29, 1.82) is 0 Å². The maximum absolute atomic E-state index is 12.0. The molecule has 0 aliphatic heterocycles. The van der Waals surface area contributed by atoms with Crippen molar-refractivity contribution < 1.29 is 9.53 Å². The molecular weight excluding hydrogens is 250 g/mol. The molecule has 0 spiro atoms. The molecule has 1 atom stereocenters. The Hall–Kier alpha value is -1.51. The minimum atomic E-state index is -0.453. The van der Waals surface area contributed by atoms with Gasteiger partial charge in [0, 0.05) is 0 Å². The number of carbonyl (C=O) groups excluding carboxylic acids is 1.